The van der Waals surface area contributed by atoms with E-state index in [0.717, 1.165) is 19.3 Å². The molecule has 0 aromatic heterocycles. The number of ether oxygens (including phenoxy) is 1. The SMILES string of the molecule is CCN(CC)S(=O)(=O)c1ccc(/C=C/C(=O)O[C@@H](C)C(=O)N2CCCCC2)cc1. The fourth-order valence-corrected chi connectivity index (χ4v) is 4.72. The van der Waals surface area contributed by atoms with Crippen molar-refractivity contribution in [1.82, 2.24) is 9.21 Å². The van der Waals surface area contributed by atoms with Gasteiger partial charge in [-0.25, -0.2) is 13.2 Å². The summed E-state index contributed by atoms with van der Waals surface area (Å²) in [4.78, 5) is 26.3. The Bertz CT molecular complexity index is 823. The molecule has 0 spiro atoms. The number of amides is 1. The van der Waals surface area contributed by atoms with Crippen LogP contribution in [-0.2, 0) is 24.3 Å². The van der Waals surface area contributed by atoms with Gasteiger partial charge in [0.1, 0.15) is 0 Å². The molecular weight excluding hydrogens is 392 g/mol. The zero-order valence-corrected chi connectivity index (χ0v) is 18.2. The number of rotatable bonds is 8. The predicted molar refractivity (Wildman–Crippen MR) is 112 cm³/mol. The Kier molecular flexibility index (Phi) is 8.40. The lowest BCUT2D eigenvalue weighted by Gasteiger charge is -2.28. The van der Waals surface area contributed by atoms with E-state index in [9.17, 15) is 18.0 Å². The molecule has 0 radical (unpaired) electrons. The van der Waals surface area contributed by atoms with E-state index in [1.54, 1.807) is 37.8 Å². The van der Waals surface area contributed by atoms with Crippen molar-refractivity contribution in [2.24, 2.45) is 0 Å². The summed E-state index contributed by atoms with van der Waals surface area (Å²) in [5.41, 5.74) is 0.662. The van der Waals surface area contributed by atoms with Crippen LogP contribution in [0.1, 0.15) is 45.6 Å². The van der Waals surface area contributed by atoms with Crippen LogP contribution in [-0.4, -0.2) is 61.8 Å². The Balaban J connectivity index is 1.95. The fraction of sp³-hybridized carbons (Fsp3) is 0.524. The third-order valence-electron chi connectivity index (χ3n) is 4.94. The number of sulfonamides is 1. The maximum atomic E-state index is 12.5. The molecule has 1 amide bonds. The van der Waals surface area contributed by atoms with Crippen LogP contribution in [0.5, 0.6) is 0 Å². The van der Waals surface area contributed by atoms with Crippen molar-refractivity contribution in [2.75, 3.05) is 26.2 Å². The topological polar surface area (TPSA) is 84.0 Å². The zero-order valence-electron chi connectivity index (χ0n) is 17.3. The smallest absolute Gasteiger partial charge is 0.331 e. The molecule has 1 fully saturated rings. The number of carbonyl (C=O) groups is 2. The second-order valence-electron chi connectivity index (χ2n) is 6.96. The number of likely N-dealkylation sites (tertiary alicyclic amines) is 1. The first-order valence-electron chi connectivity index (χ1n) is 10.1. The standard InChI is InChI=1S/C21H30N2O5S/c1-4-23(5-2)29(26,27)19-12-9-18(10-13-19)11-14-20(24)28-17(3)21(25)22-15-7-6-8-16-22/h9-14,17H,4-8,15-16H2,1-3H3/b14-11+/t17-/m0/s1. The Morgan fingerprint density at radius 3 is 2.24 bits per heavy atom. The number of hydrogen-bond acceptors (Lipinski definition) is 5. The summed E-state index contributed by atoms with van der Waals surface area (Å²) < 4.78 is 31.6. The molecule has 7 nitrogen and oxygen atoms in total. The summed E-state index contributed by atoms with van der Waals surface area (Å²) >= 11 is 0. The molecule has 1 aliphatic heterocycles. The molecule has 1 aromatic rings. The molecular formula is C21H30N2O5S. The number of nitrogens with zero attached hydrogens (tertiary/aromatic N) is 2. The lowest BCUT2D eigenvalue weighted by molar-refractivity contribution is -0.155. The minimum absolute atomic E-state index is 0.169. The van der Waals surface area contributed by atoms with Gasteiger partial charge < -0.3 is 9.64 Å². The van der Waals surface area contributed by atoms with Crippen molar-refractivity contribution in [2.45, 2.75) is 51.0 Å². The average Bonchev–Trinajstić information content (AvgIpc) is 2.73. The number of esters is 1. The molecule has 0 aliphatic carbocycles. The maximum Gasteiger partial charge on any atom is 0.331 e. The number of benzene rings is 1. The summed E-state index contributed by atoms with van der Waals surface area (Å²) in [5.74, 6) is -0.778. The van der Waals surface area contributed by atoms with Crippen molar-refractivity contribution in [3.63, 3.8) is 0 Å². The van der Waals surface area contributed by atoms with Gasteiger partial charge in [-0.05, 0) is 50.0 Å². The van der Waals surface area contributed by atoms with Gasteiger partial charge in [-0.3, -0.25) is 4.79 Å². The van der Waals surface area contributed by atoms with Crippen molar-refractivity contribution in [1.29, 1.82) is 0 Å². The van der Waals surface area contributed by atoms with E-state index < -0.39 is 22.1 Å². The van der Waals surface area contributed by atoms with Crippen LogP contribution < -0.4 is 0 Å². The van der Waals surface area contributed by atoms with E-state index in [0.29, 0.717) is 31.7 Å². The van der Waals surface area contributed by atoms with Crippen molar-refractivity contribution >= 4 is 28.0 Å². The van der Waals surface area contributed by atoms with E-state index in [4.69, 9.17) is 4.74 Å². The van der Waals surface area contributed by atoms with Gasteiger partial charge in [0.25, 0.3) is 5.91 Å². The van der Waals surface area contributed by atoms with Crippen LogP contribution in [0.25, 0.3) is 6.08 Å². The highest BCUT2D eigenvalue weighted by Crippen LogP contribution is 2.17. The third-order valence-corrected chi connectivity index (χ3v) is 7.01. The van der Waals surface area contributed by atoms with Crippen molar-refractivity contribution in [3.8, 4) is 0 Å². The van der Waals surface area contributed by atoms with E-state index in [-0.39, 0.29) is 10.8 Å². The van der Waals surface area contributed by atoms with Crippen LogP contribution in [0.3, 0.4) is 0 Å². The monoisotopic (exact) mass is 422 g/mol. The van der Waals surface area contributed by atoms with Gasteiger partial charge in [-0.1, -0.05) is 26.0 Å². The van der Waals surface area contributed by atoms with Gasteiger partial charge in [0.05, 0.1) is 4.90 Å². The van der Waals surface area contributed by atoms with Gasteiger partial charge in [0, 0.05) is 32.3 Å². The molecule has 2 rings (SSSR count). The summed E-state index contributed by atoms with van der Waals surface area (Å²) in [6.45, 7) is 7.39. The molecule has 1 saturated heterocycles. The fourth-order valence-electron chi connectivity index (χ4n) is 3.26. The summed E-state index contributed by atoms with van der Waals surface area (Å²) in [6.07, 6.45) is 5.03. The molecule has 0 N–H and O–H groups in total. The largest absolute Gasteiger partial charge is 0.449 e. The van der Waals surface area contributed by atoms with Crippen LogP contribution in [0.2, 0.25) is 0 Å². The Morgan fingerprint density at radius 1 is 1.10 bits per heavy atom. The van der Waals surface area contributed by atoms with Crippen LogP contribution in [0, 0.1) is 0 Å². The van der Waals surface area contributed by atoms with Crippen LogP contribution in [0.15, 0.2) is 35.2 Å². The first kappa shape index (κ1) is 23.1. The highest BCUT2D eigenvalue weighted by molar-refractivity contribution is 7.89. The normalized spacial score (nSPS) is 16.2. The van der Waals surface area contributed by atoms with Crippen molar-refractivity contribution < 1.29 is 22.7 Å². The lowest BCUT2D eigenvalue weighted by Crippen LogP contribution is -2.42. The van der Waals surface area contributed by atoms with E-state index in [1.807, 2.05) is 0 Å². The van der Waals surface area contributed by atoms with Gasteiger partial charge in [-0.2, -0.15) is 4.31 Å². The van der Waals surface area contributed by atoms with Gasteiger partial charge in [-0.15, -0.1) is 0 Å². The molecule has 8 heteroatoms. The maximum absolute atomic E-state index is 12.5. The predicted octanol–water partition coefficient (Wildman–Crippen LogP) is 2.67. The first-order chi connectivity index (χ1) is 13.8. The Morgan fingerprint density at radius 2 is 1.69 bits per heavy atom. The van der Waals surface area contributed by atoms with Gasteiger partial charge in [0.15, 0.2) is 6.10 Å². The number of carbonyl (C=O) groups excluding carboxylic acids is 2. The number of hydrogen-bond donors (Lipinski definition) is 0. The molecule has 0 unspecified atom stereocenters. The molecule has 1 heterocycles. The first-order valence-corrected chi connectivity index (χ1v) is 11.5. The van der Waals surface area contributed by atoms with Gasteiger partial charge >= 0.3 is 5.97 Å². The van der Waals surface area contributed by atoms with E-state index in [2.05, 4.69) is 0 Å². The summed E-state index contributed by atoms with van der Waals surface area (Å²) in [5, 5.41) is 0. The van der Waals surface area contributed by atoms with Gasteiger partial charge in [0.2, 0.25) is 10.0 Å². The Labute approximate surface area is 173 Å². The summed E-state index contributed by atoms with van der Waals surface area (Å²) in [7, 11) is -3.51. The molecule has 1 aliphatic rings. The zero-order chi connectivity index (χ0) is 21.4. The molecule has 29 heavy (non-hydrogen) atoms. The second kappa shape index (κ2) is 10.5. The lowest BCUT2D eigenvalue weighted by atomic mass is 10.1. The molecule has 160 valence electrons. The average molecular weight is 423 g/mol. The van der Waals surface area contributed by atoms with E-state index >= 15 is 0 Å². The Hall–Kier alpha value is -2.19. The molecule has 1 atom stereocenters. The highest BCUT2D eigenvalue weighted by atomic mass is 32.2. The quantitative estimate of drug-likeness (QED) is 0.475. The van der Waals surface area contributed by atoms with Crippen molar-refractivity contribution in [3.05, 3.63) is 35.9 Å². The summed E-state index contributed by atoms with van der Waals surface area (Å²) in [6, 6.07) is 6.29. The molecule has 0 bridgehead atoms. The van der Waals surface area contributed by atoms with Crippen LogP contribution in [0.4, 0.5) is 0 Å². The second-order valence-corrected chi connectivity index (χ2v) is 8.89. The minimum Gasteiger partial charge on any atom is -0.449 e. The third kappa shape index (κ3) is 6.14. The minimum atomic E-state index is -3.51. The van der Waals surface area contributed by atoms with Crippen LogP contribution >= 0.6 is 0 Å². The molecule has 1 aromatic carbocycles. The number of piperidine rings is 1. The van der Waals surface area contributed by atoms with E-state index in [1.165, 1.54) is 28.6 Å². The molecule has 0 saturated carbocycles. The highest BCUT2D eigenvalue weighted by Gasteiger charge is 2.24.